The lowest BCUT2D eigenvalue weighted by Gasteiger charge is -2.36. The van der Waals surface area contributed by atoms with E-state index >= 15 is 0 Å². The summed E-state index contributed by atoms with van der Waals surface area (Å²) >= 11 is 0. The number of carbonyl (C=O) groups is 2. The van der Waals surface area contributed by atoms with Gasteiger partial charge in [0.2, 0.25) is 0 Å². The Morgan fingerprint density at radius 3 is 2.45 bits per heavy atom. The van der Waals surface area contributed by atoms with Crippen LogP contribution in [0.25, 0.3) is 10.9 Å². The number of methoxy groups -OCH3 is 1. The van der Waals surface area contributed by atoms with Crippen molar-refractivity contribution in [1.82, 2.24) is 9.88 Å². The number of hydrogen-bond acceptors (Lipinski definition) is 5. The first-order valence-corrected chi connectivity index (χ1v) is 9.56. The van der Waals surface area contributed by atoms with E-state index in [9.17, 15) is 9.59 Å². The minimum absolute atomic E-state index is 0.174. The molecule has 1 aliphatic heterocycles. The summed E-state index contributed by atoms with van der Waals surface area (Å²) in [5, 5.41) is 0.790. The molecule has 7 nitrogen and oxygen atoms in total. The number of rotatable bonds is 5. The standard InChI is InChI=1S/C22H23N3O4/c1-28-17-8-6-16(7-9-17)24-10-12-25(13-11-24)21(26)15-29-22(27)19-14-23-20-5-3-2-4-18(19)20/h2-9,14,23H,10-13,15H2,1H3. The number of hydrogen-bond donors (Lipinski definition) is 1. The Labute approximate surface area is 168 Å². The van der Waals surface area contributed by atoms with Crippen molar-refractivity contribution >= 4 is 28.5 Å². The van der Waals surface area contributed by atoms with Crippen molar-refractivity contribution in [2.24, 2.45) is 0 Å². The molecule has 4 rings (SSSR count). The van der Waals surface area contributed by atoms with E-state index in [4.69, 9.17) is 9.47 Å². The van der Waals surface area contributed by atoms with E-state index in [1.54, 1.807) is 18.2 Å². The fourth-order valence-electron chi connectivity index (χ4n) is 3.54. The Bertz CT molecular complexity index is 1000. The molecule has 0 atom stereocenters. The van der Waals surface area contributed by atoms with E-state index in [0.29, 0.717) is 18.7 Å². The Balaban J connectivity index is 1.29. The van der Waals surface area contributed by atoms with Crippen LogP contribution in [0.15, 0.2) is 54.7 Å². The van der Waals surface area contributed by atoms with Crippen LogP contribution in [0.5, 0.6) is 5.75 Å². The molecule has 7 heteroatoms. The number of carbonyl (C=O) groups excluding carboxylic acids is 2. The minimum atomic E-state index is -0.493. The van der Waals surface area contributed by atoms with E-state index in [1.165, 1.54) is 0 Å². The third-order valence-corrected chi connectivity index (χ3v) is 5.21. The van der Waals surface area contributed by atoms with Crippen LogP contribution in [0.3, 0.4) is 0 Å². The molecule has 29 heavy (non-hydrogen) atoms. The van der Waals surface area contributed by atoms with Gasteiger partial charge in [0.25, 0.3) is 5.91 Å². The van der Waals surface area contributed by atoms with Crippen LogP contribution in [-0.2, 0) is 9.53 Å². The maximum atomic E-state index is 12.5. The number of aromatic nitrogens is 1. The second-order valence-electron chi connectivity index (χ2n) is 6.89. The molecular formula is C22H23N3O4. The van der Waals surface area contributed by atoms with Crippen LogP contribution in [-0.4, -0.2) is 61.7 Å². The van der Waals surface area contributed by atoms with Crippen LogP contribution in [0, 0.1) is 0 Å². The quantitative estimate of drug-likeness (QED) is 0.675. The molecule has 0 spiro atoms. The monoisotopic (exact) mass is 393 g/mol. The van der Waals surface area contributed by atoms with Gasteiger partial charge in [0, 0.05) is 49.0 Å². The van der Waals surface area contributed by atoms with Crippen molar-refractivity contribution in [1.29, 1.82) is 0 Å². The summed E-state index contributed by atoms with van der Waals surface area (Å²) in [4.78, 5) is 31.8. The van der Waals surface area contributed by atoms with Crippen LogP contribution in [0.4, 0.5) is 5.69 Å². The first-order valence-electron chi connectivity index (χ1n) is 9.56. The Morgan fingerprint density at radius 1 is 1.00 bits per heavy atom. The molecule has 1 aromatic heterocycles. The van der Waals surface area contributed by atoms with Gasteiger partial charge < -0.3 is 24.3 Å². The fraction of sp³-hybridized carbons (Fsp3) is 0.273. The first-order chi connectivity index (χ1) is 14.2. The van der Waals surface area contributed by atoms with Gasteiger partial charge in [-0.25, -0.2) is 4.79 Å². The number of nitrogens with one attached hydrogen (secondary N) is 1. The lowest BCUT2D eigenvalue weighted by Crippen LogP contribution is -2.49. The molecule has 1 aliphatic rings. The molecule has 0 bridgehead atoms. The van der Waals surface area contributed by atoms with Gasteiger partial charge in [0.15, 0.2) is 6.61 Å². The molecule has 1 fully saturated rings. The normalized spacial score (nSPS) is 14.1. The Kier molecular flexibility index (Phi) is 5.37. The molecule has 0 aliphatic carbocycles. The highest BCUT2D eigenvalue weighted by molar-refractivity contribution is 6.04. The highest BCUT2D eigenvalue weighted by Crippen LogP contribution is 2.21. The fourth-order valence-corrected chi connectivity index (χ4v) is 3.54. The number of nitrogens with zero attached hydrogens (tertiary/aromatic N) is 2. The summed E-state index contributed by atoms with van der Waals surface area (Å²) in [6, 6.07) is 15.4. The lowest BCUT2D eigenvalue weighted by atomic mass is 10.2. The number of aromatic amines is 1. The number of benzene rings is 2. The van der Waals surface area contributed by atoms with Crippen molar-refractivity contribution < 1.29 is 19.1 Å². The number of ether oxygens (including phenoxy) is 2. The maximum Gasteiger partial charge on any atom is 0.340 e. The predicted molar refractivity (Wildman–Crippen MR) is 110 cm³/mol. The maximum absolute atomic E-state index is 12.5. The second-order valence-corrected chi connectivity index (χ2v) is 6.89. The number of H-pyrrole nitrogens is 1. The molecule has 150 valence electrons. The first kappa shape index (κ1) is 18.9. The van der Waals surface area contributed by atoms with Crippen LogP contribution in [0.2, 0.25) is 0 Å². The van der Waals surface area contributed by atoms with E-state index in [-0.39, 0.29) is 12.5 Å². The van der Waals surface area contributed by atoms with Crippen LogP contribution in [0.1, 0.15) is 10.4 Å². The number of anilines is 1. The van der Waals surface area contributed by atoms with Gasteiger partial charge in [-0.2, -0.15) is 0 Å². The third-order valence-electron chi connectivity index (χ3n) is 5.21. The molecule has 2 aromatic carbocycles. The summed E-state index contributed by atoms with van der Waals surface area (Å²) in [7, 11) is 1.64. The molecule has 2 heterocycles. The van der Waals surface area contributed by atoms with Gasteiger partial charge in [-0.05, 0) is 30.3 Å². The second kappa shape index (κ2) is 8.26. The molecule has 3 aromatic rings. The molecule has 0 unspecified atom stereocenters. The van der Waals surface area contributed by atoms with Crippen molar-refractivity contribution in [3.8, 4) is 5.75 Å². The van der Waals surface area contributed by atoms with E-state index in [2.05, 4.69) is 9.88 Å². The van der Waals surface area contributed by atoms with Crippen LogP contribution < -0.4 is 9.64 Å². The lowest BCUT2D eigenvalue weighted by molar-refractivity contribution is -0.134. The van der Waals surface area contributed by atoms with Crippen molar-refractivity contribution in [2.75, 3.05) is 44.8 Å². The zero-order valence-corrected chi connectivity index (χ0v) is 16.3. The summed E-state index contributed by atoms with van der Waals surface area (Å²) < 4.78 is 10.5. The van der Waals surface area contributed by atoms with Gasteiger partial charge in [-0.1, -0.05) is 18.2 Å². The molecule has 1 N–H and O–H groups in total. The molecule has 0 saturated carbocycles. The van der Waals surface area contributed by atoms with Gasteiger partial charge in [-0.3, -0.25) is 4.79 Å². The van der Waals surface area contributed by atoms with E-state index in [0.717, 1.165) is 35.4 Å². The summed E-state index contributed by atoms with van der Waals surface area (Å²) in [6.45, 7) is 2.40. The topological polar surface area (TPSA) is 74.9 Å². The number of esters is 1. The largest absolute Gasteiger partial charge is 0.497 e. The van der Waals surface area contributed by atoms with E-state index in [1.807, 2.05) is 48.5 Å². The summed E-state index contributed by atoms with van der Waals surface area (Å²) in [5.74, 6) is 0.153. The third kappa shape index (κ3) is 4.03. The number of piperazine rings is 1. The van der Waals surface area contributed by atoms with Crippen LogP contribution >= 0.6 is 0 Å². The highest BCUT2D eigenvalue weighted by atomic mass is 16.5. The Hall–Kier alpha value is -3.48. The average molecular weight is 393 g/mol. The predicted octanol–water partition coefficient (Wildman–Crippen LogP) is 2.68. The van der Waals surface area contributed by atoms with Crippen molar-refractivity contribution in [3.05, 3.63) is 60.3 Å². The van der Waals surface area contributed by atoms with Crippen molar-refractivity contribution in [2.45, 2.75) is 0 Å². The number of fused-ring (bicyclic) bond motifs is 1. The van der Waals surface area contributed by atoms with Gasteiger partial charge in [0.1, 0.15) is 5.75 Å². The minimum Gasteiger partial charge on any atom is -0.497 e. The summed E-state index contributed by atoms with van der Waals surface area (Å²) in [5.41, 5.74) is 2.40. The smallest absolute Gasteiger partial charge is 0.340 e. The molecule has 0 radical (unpaired) electrons. The molecule has 1 saturated heterocycles. The zero-order chi connectivity index (χ0) is 20.2. The summed E-state index contributed by atoms with van der Waals surface area (Å²) in [6.07, 6.45) is 1.62. The number of para-hydroxylation sites is 1. The van der Waals surface area contributed by atoms with Gasteiger partial charge >= 0.3 is 5.97 Å². The van der Waals surface area contributed by atoms with Crippen molar-refractivity contribution in [3.63, 3.8) is 0 Å². The SMILES string of the molecule is COc1ccc(N2CCN(C(=O)COC(=O)c3c[nH]c4ccccc34)CC2)cc1. The zero-order valence-electron chi connectivity index (χ0n) is 16.3. The van der Waals surface area contributed by atoms with Gasteiger partial charge in [-0.15, -0.1) is 0 Å². The Morgan fingerprint density at radius 2 is 1.72 bits per heavy atom. The van der Waals surface area contributed by atoms with Gasteiger partial charge in [0.05, 0.1) is 12.7 Å². The number of amides is 1. The molecular weight excluding hydrogens is 370 g/mol. The molecule has 1 amide bonds. The average Bonchev–Trinajstić information content (AvgIpc) is 3.22. The van der Waals surface area contributed by atoms with E-state index < -0.39 is 5.97 Å². The highest BCUT2D eigenvalue weighted by Gasteiger charge is 2.23.